The molecule has 1 atom stereocenters. The lowest BCUT2D eigenvalue weighted by Gasteiger charge is -2.23. The third kappa shape index (κ3) is 5.21. The fourth-order valence-electron chi connectivity index (χ4n) is 3.45. The van der Waals surface area contributed by atoms with Crippen molar-refractivity contribution in [2.24, 2.45) is 0 Å². The molecule has 1 saturated heterocycles. The molecule has 2 aromatic rings. The largest absolute Gasteiger partial charge is 0.573 e. The smallest absolute Gasteiger partial charge is 0.494 e. The van der Waals surface area contributed by atoms with Crippen LogP contribution in [0.4, 0.5) is 22.4 Å². The Morgan fingerprint density at radius 2 is 1.79 bits per heavy atom. The Balaban J connectivity index is 1.69. The van der Waals surface area contributed by atoms with Crippen molar-refractivity contribution in [3.63, 3.8) is 0 Å². The van der Waals surface area contributed by atoms with Gasteiger partial charge in [-0.25, -0.2) is 9.18 Å². The van der Waals surface area contributed by atoms with Crippen molar-refractivity contribution in [3.05, 3.63) is 59.4 Å². The van der Waals surface area contributed by atoms with Crippen LogP contribution in [0.2, 0.25) is 0 Å². The minimum Gasteiger partial charge on any atom is -0.494 e. The van der Waals surface area contributed by atoms with Gasteiger partial charge in [-0.05, 0) is 42.3 Å². The van der Waals surface area contributed by atoms with Gasteiger partial charge in [-0.2, -0.15) is 0 Å². The van der Waals surface area contributed by atoms with Gasteiger partial charge in [0.15, 0.2) is 11.6 Å². The van der Waals surface area contributed by atoms with E-state index in [1.165, 1.54) is 50.2 Å². The van der Waals surface area contributed by atoms with E-state index in [0.717, 1.165) is 12.1 Å². The molecule has 3 rings (SSSR count). The number of hydrogen-bond donors (Lipinski definition) is 1. The molecule has 0 bridgehead atoms. The predicted molar refractivity (Wildman–Crippen MR) is 110 cm³/mol. The molecule has 0 aromatic heterocycles. The van der Waals surface area contributed by atoms with E-state index in [-0.39, 0.29) is 17.9 Å². The van der Waals surface area contributed by atoms with Crippen molar-refractivity contribution in [3.8, 4) is 11.5 Å². The van der Waals surface area contributed by atoms with Gasteiger partial charge in [0.05, 0.1) is 7.11 Å². The maximum atomic E-state index is 13.9. The van der Waals surface area contributed by atoms with Gasteiger partial charge in [0, 0.05) is 13.6 Å². The zero-order chi connectivity index (χ0) is 25.3. The van der Waals surface area contributed by atoms with Crippen LogP contribution >= 0.6 is 0 Å². The van der Waals surface area contributed by atoms with Crippen molar-refractivity contribution in [1.29, 1.82) is 0 Å². The number of benzene rings is 2. The lowest BCUT2D eigenvalue weighted by atomic mass is 9.92. The zero-order valence-electron chi connectivity index (χ0n) is 18.4. The number of amides is 4. The number of likely N-dealkylation sites (N-methyl/N-ethyl adjacent to an activating group) is 1. The number of urea groups is 1. The molecule has 0 radical (unpaired) electrons. The Bertz CT molecular complexity index is 1110. The van der Waals surface area contributed by atoms with Crippen molar-refractivity contribution < 1.29 is 41.4 Å². The van der Waals surface area contributed by atoms with Crippen LogP contribution in [-0.2, 0) is 21.7 Å². The zero-order valence-corrected chi connectivity index (χ0v) is 18.4. The molecule has 8 nitrogen and oxygen atoms in total. The van der Waals surface area contributed by atoms with Crippen LogP contribution in [-0.4, -0.2) is 54.7 Å². The first-order valence-corrected chi connectivity index (χ1v) is 9.91. The molecule has 2 aromatic carbocycles. The highest BCUT2D eigenvalue weighted by molar-refractivity contribution is 6.09. The Hall–Kier alpha value is -3.83. The Morgan fingerprint density at radius 3 is 2.35 bits per heavy atom. The quantitative estimate of drug-likeness (QED) is 0.483. The van der Waals surface area contributed by atoms with E-state index in [2.05, 4.69) is 10.1 Å². The number of hydrogen-bond acceptors (Lipinski definition) is 5. The molecule has 0 aliphatic carbocycles. The summed E-state index contributed by atoms with van der Waals surface area (Å²) < 4.78 is 59.6. The van der Waals surface area contributed by atoms with Crippen molar-refractivity contribution in [2.75, 3.05) is 20.7 Å². The molecule has 4 amide bonds. The van der Waals surface area contributed by atoms with Gasteiger partial charge in [0.25, 0.3) is 5.91 Å². The normalized spacial score (nSPS) is 18.0. The van der Waals surface area contributed by atoms with Crippen LogP contribution < -0.4 is 14.8 Å². The van der Waals surface area contributed by atoms with Gasteiger partial charge in [-0.15, -0.1) is 13.2 Å². The van der Waals surface area contributed by atoms with E-state index >= 15 is 0 Å². The van der Waals surface area contributed by atoms with E-state index in [1.54, 1.807) is 6.07 Å². The Kier molecular flexibility index (Phi) is 6.71. The molecule has 34 heavy (non-hydrogen) atoms. The third-order valence-electron chi connectivity index (χ3n) is 5.30. The third-order valence-corrected chi connectivity index (χ3v) is 5.30. The molecule has 0 saturated carbocycles. The number of imide groups is 1. The summed E-state index contributed by atoms with van der Waals surface area (Å²) in [5, 5.41) is 2.47. The van der Waals surface area contributed by atoms with E-state index < -0.39 is 47.9 Å². The second-order valence-electron chi connectivity index (χ2n) is 7.74. The minimum absolute atomic E-state index is 0.0152. The van der Waals surface area contributed by atoms with Gasteiger partial charge in [0.2, 0.25) is 5.91 Å². The summed E-state index contributed by atoms with van der Waals surface area (Å²) in [5.74, 6) is -2.37. The summed E-state index contributed by atoms with van der Waals surface area (Å²) in [6.45, 7) is 0.813. The molecule has 1 heterocycles. The average Bonchev–Trinajstić information content (AvgIpc) is 2.97. The summed E-state index contributed by atoms with van der Waals surface area (Å²) in [6, 6.07) is 7.83. The molecule has 1 aliphatic rings. The van der Waals surface area contributed by atoms with Gasteiger partial charge in [-0.3, -0.25) is 14.5 Å². The standard InChI is InChI=1S/C22H21F4N3O5/c1-21(14-5-7-15(8-6-14)34-22(24,25)26)19(31)29(20(32)27-21)12-18(30)28(2)11-13-4-9-17(33-3)16(23)10-13/h4-10H,11-12H2,1-3H3,(H,27,32). The minimum atomic E-state index is -4.87. The van der Waals surface area contributed by atoms with E-state index in [1.807, 2.05) is 0 Å². The average molecular weight is 483 g/mol. The highest BCUT2D eigenvalue weighted by Crippen LogP contribution is 2.31. The lowest BCUT2D eigenvalue weighted by molar-refractivity contribution is -0.274. The first kappa shape index (κ1) is 24.8. The van der Waals surface area contributed by atoms with E-state index in [0.29, 0.717) is 10.5 Å². The van der Waals surface area contributed by atoms with Gasteiger partial charge >= 0.3 is 12.4 Å². The second kappa shape index (κ2) is 9.20. The van der Waals surface area contributed by atoms with Crippen LogP contribution in [0.1, 0.15) is 18.1 Å². The molecule has 1 aliphatic heterocycles. The summed E-state index contributed by atoms with van der Waals surface area (Å²) in [7, 11) is 2.76. The van der Waals surface area contributed by atoms with Crippen molar-refractivity contribution >= 4 is 17.8 Å². The molecule has 0 spiro atoms. The number of nitrogens with zero attached hydrogens (tertiary/aromatic N) is 2. The predicted octanol–water partition coefficient (Wildman–Crippen LogP) is 3.16. The number of ether oxygens (including phenoxy) is 2. The molecule has 1 N–H and O–H groups in total. The first-order chi connectivity index (χ1) is 15.8. The Morgan fingerprint density at radius 1 is 1.15 bits per heavy atom. The van der Waals surface area contributed by atoms with Crippen molar-refractivity contribution in [1.82, 2.24) is 15.1 Å². The SMILES string of the molecule is COc1ccc(CN(C)C(=O)CN2C(=O)NC(C)(c3ccc(OC(F)(F)F)cc3)C2=O)cc1F. The number of methoxy groups -OCH3 is 1. The molecule has 182 valence electrons. The summed E-state index contributed by atoms with van der Waals surface area (Å²) in [4.78, 5) is 40.0. The topological polar surface area (TPSA) is 88.2 Å². The summed E-state index contributed by atoms with van der Waals surface area (Å²) >= 11 is 0. The van der Waals surface area contributed by atoms with Crippen molar-refractivity contribution in [2.45, 2.75) is 25.4 Å². The molecule has 1 unspecified atom stereocenters. The fourth-order valence-corrected chi connectivity index (χ4v) is 3.45. The highest BCUT2D eigenvalue weighted by Gasteiger charge is 2.49. The number of carbonyl (C=O) groups excluding carboxylic acids is 3. The van der Waals surface area contributed by atoms with Gasteiger partial charge < -0.3 is 19.7 Å². The van der Waals surface area contributed by atoms with Crippen LogP contribution in [0.3, 0.4) is 0 Å². The van der Waals surface area contributed by atoms with Crippen LogP contribution in [0.5, 0.6) is 11.5 Å². The van der Waals surface area contributed by atoms with Crippen LogP contribution in [0.25, 0.3) is 0 Å². The first-order valence-electron chi connectivity index (χ1n) is 9.91. The maximum Gasteiger partial charge on any atom is 0.573 e. The van der Waals surface area contributed by atoms with E-state index in [9.17, 15) is 31.9 Å². The number of rotatable bonds is 7. The van der Waals surface area contributed by atoms with Gasteiger partial charge in [-0.1, -0.05) is 18.2 Å². The van der Waals surface area contributed by atoms with E-state index in [4.69, 9.17) is 4.74 Å². The second-order valence-corrected chi connectivity index (χ2v) is 7.74. The monoisotopic (exact) mass is 483 g/mol. The number of alkyl halides is 3. The van der Waals surface area contributed by atoms with Crippen LogP contribution in [0, 0.1) is 5.82 Å². The maximum absolute atomic E-state index is 13.9. The lowest BCUT2D eigenvalue weighted by Crippen LogP contribution is -2.43. The molecular weight excluding hydrogens is 462 g/mol. The number of nitrogens with one attached hydrogen (secondary N) is 1. The highest BCUT2D eigenvalue weighted by atomic mass is 19.4. The molecule has 12 heteroatoms. The Labute approximate surface area is 192 Å². The molecule has 1 fully saturated rings. The number of carbonyl (C=O) groups is 3. The summed E-state index contributed by atoms with van der Waals surface area (Å²) in [5.41, 5.74) is -0.916. The van der Waals surface area contributed by atoms with Gasteiger partial charge in [0.1, 0.15) is 17.8 Å². The fraction of sp³-hybridized carbons (Fsp3) is 0.318. The summed E-state index contributed by atoms with van der Waals surface area (Å²) in [6.07, 6.45) is -4.87. The molecular formula is C22H21F4N3O5. The number of halogens is 4. The van der Waals surface area contributed by atoms with Crippen LogP contribution in [0.15, 0.2) is 42.5 Å².